The molecule has 0 amide bonds. The normalized spacial score (nSPS) is 16.9. The first-order valence-corrected chi connectivity index (χ1v) is 15.2. The summed E-state index contributed by atoms with van der Waals surface area (Å²) in [7, 11) is 0.761. The minimum atomic E-state index is -1.37. The lowest BCUT2D eigenvalue weighted by molar-refractivity contribution is 0.213. The highest BCUT2D eigenvalue weighted by Gasteiger charge is 2.26. The van der Waals surface area contributed by atoms with Gasteiger partial charge in [-0.05, 0) is 54.7 Å². The maximum absolute atomic E-state index is 13.6. The fourth-order valence-corrected chi connectivity index (χ4v) is 5.74. The number of H-pyrrole nitrogens is 1. The van der Waals surface area contributed by atoms with Gasteiger partial charge in [0.25, 0.3) is 0 Å². The van der Waals surface area contributed by atoms with E-state index in [0.29, 0.717) is 45.5 Å². The van der Waals surface area contributed by atoms with Gasteiger partial charge >= 0.3 is 0 Å². The zero-order chi connectivity index (χ0) is 30.0. The highest BCUT2D eigenvalue weighted by molar-refractivity contribution is 7.86. The van der Waals surface area contributed by atoms with Crippen LogP contribution in [0.15, 0.2) is 35.7 Å². The third kappa shape index (κ3) is 6.46. The smallest absolute Gasteiger partial charge is 0.225 e. The van der Waals surface area contributed by atoms with Gasteiger partial charge in [-0.1, -0.05) is 0 Å². The van der Waals surface area contributed by atoms with Crippen LogP contribution in [0.25, 0.3) is 10.9 Å². The molecular weight excluding hydrogens is 554 g/mol. The molecule has 0 bridgehead atoms. The fraction of sp³-hybridized carbons (Fsp3) is 0.483. The SMILES string of the molecule is Cc1[nH]nc(Nc2ncnc3cc(OCCOc4cnc(N5CCN(C)[C@H](C)C5)nc4)c(S(=O)C(C)(C)C)cc23)c1C. The van der Waals surface area contributed by atoms with Crippen LogP contribution in [-0.2, 0) is 10.8 Å². The second kappa shape index (κ2) is 12.2. The van der Waals surface area contributed by atoms with Crippen molar-refractivity contribution >= 4 is 39.3 Å². The summed E-state index contributed by atoms with van der Waals surface area (Å²) in [6.07, 6.45) is 4.87. The van der Waals surface area contributed by atoms with Crippen molar-refractivity contribution in [1.29, 1.82) is 0 Å². The van der Waals surface area contributed by atoms with Crippen LogP contribution in [-0.4, -0.2) is 89.9 Å². The maximum atomic E-state index is 13.6. The van der Waals surface area contributed by atoms with Gasteiger partial charge in [0.2, 0.25) is 5.95 Å². The van der Waals surface area contributed by atoms with E-state index in [2.05, 4.69) is 59.2 Å². The van der Waals surface area contributed by atoms with Crippen molar-refractivity contribution in [2.75, 3.05) is 50.1 Å². The first-order chi connectivity index (χ1) is 20.0. The molecule has 5 rings (SSSR count). The van der Waals surface area contributed by atoms with Crippen LogP contribution in [0.1, 0.15) is 39.0 Å². The van der Waals surface area contributed by atoms with E-state index in [1.54, 1.807) is 18.5 Å². The van der Waals surface area contributed by atoms with Gasteiger partial charge in [-0.15, -0.1) is 0 Å². The van der Waals surface area contributed by atoms with Gasteiger partial charge in [-0.3, -0.25) is 9.31 Å². The zero-order valence-electron chi connectivity index (χ0n) is 25.3. The fourth-order valence-electron chi connectivity index (χ4n) is 4.56. The molecule has 1 aromatic carbocycles. The number of aromatic amines is 1. The van der Waals surface area contributed by atoms with Crippen LogP contribution < -0.4 is 19.7 Å². The van der Waals surface area contributed by atoms with Gasteiger partial charge in [0.1, 0.15) is 31.1 Å². The number of likely N-dealkylation sites (N-methyl/N-ethyl adjacent to an activating group) is 1. The molecule has 224 valence electrons. The third-order valence-electron chi connectivity index (χ3n) is 7.41. The monoisotopic (exact) mass is 593 g/mol. The lowest BCUT2D eigenvalue weighted by atomic mass is 10.2. The van der Waals surface area contributed by atoms with Crippen molar-refractivity contribution in [3.63, 3.8) is 0 Å². The molecule has 0 spiro atoms. The highest BCUT2D eigenvalue weighted by Crippen LogP contribution is 2.35. The highest BCUT2D eigenvalue weighted by atomic mass is 32.2. The predicted molar refractivity (Wildman–Crippen MR) is 164 cm³/mol. The number of nitrogens with zero attached hydrogens (tertiary/aromatic N) is 7. The predicted octanol–water partition coefficient (Wildman–Crippen LogP) is 4.01. The van der Waals surface area contributed by atoms with E-state index < -0.39 is 15.5 Å². The largest absolute Gasteiger partial charge is 0.489 e. The van der Waals surface area contributed by atoms with Crippen molar-refractivity contribution in [2.45, 2.75) is 57.2 Å². The van der Waals surface area contributed by atoms with Crippen LogP contribution in [0.3, 0.4) is 0 Å². The molecule has 1 fully saturated rings. The summed E-state index contributed by atoms with van der Waals surface area (Å²) in [6.45, 7) is 15.2. The van der Waals surface area contributed by atoms with E-state index in [1.165, 1.54) is 6.33 Å². The molecule has 1 saturated heterocycles. The molecule has 0 aliphatic carbocycles. The van der Waals surface area contributed by atoms with E-state index in [9.17, 15) is 4.21 Å². The van der Waals surface area contributed by atoms with Crippen LogP contribution in [0.2, 0.25) is 0 Å². The quantitative estimate of drug-likeness (QED) is 0.273. The first-order valence-electron chi connectivity index (χ1n) is 14.0. The average molecular weight is 594 g/mol. The van der Waals surface area contributed by atoms with Crippen molar-refractivity contribution < 1.29 is 13.7 Å². The van der Waals surface area contributed by atoms with E-state index in [0.717, 1.165) is 36.3 Å². The molecule has 2 atom stereocenters. The Morgan fingerprint density at radius 3 is 2.45 bits per heavy atom. The average Bonchev–Trinajstić information content (AvgIpc) is 3.28. The summed E-state index contributed by atoms with van der Waals surface area (Å²) in [5.74, 6) is 3.02. The zero-order valence-corrected chi connectivity index (χ0v) is 26.1. The van der Waals surface area contributed by atoms with Crippen LogP contribution in [0, 0.1) is 13.8 Å². The number of aryl methyl sites for hydroxylation is 1. The standard InChI is InChI=1S/C29H39N9O3S/c1-18-16-38(9-8-37(18)7)28-30-14-21(15-31-28)40-10-11-41-24-13-23-22(12-25(24)42(39)29(4,5)6)27(33-17-32-23)34-26-19(2)20(3)35-36-26/h12-15,17-18H,8-11,16H2,1-7H3,(H2,32,33,34,35,36)/t18-,42?/m1/s1. The summed E-state index contributed by atoms with van der Waals surface area (Å²) < 4.78 is 25.1. The molecule has 12 nitrogen and oxygen atoms in total. The Morgan fingerprint density at radius 2 is 1.79 bits per heavy atom. The topological polar surface area (TPSA) is 134 Å². The number of fused-ring (bicyclic) bond motifs is 1. The summed E-state index contributed by atoms with van der Waals surface area (Å²) in [4.78, 5) is 23.0. The second-order valence-electron chi connectivity index (χ2n) is 11.6. The minimum absolute atomic E-state index is 0.236. The van der Waals surface area contributed by atoms with Gasteiger partial charge in [0.15, 0.2) is 11.6 Å². The van der Waals surface area contributed by atoms with Crippen molar-refractivity contribution in [3.05, 3.63) is 42.1 Å². The number of piperazine rings is 1. The van der Waals surface area contributed by atoms with Crippen molar-refractivity contribution in [2.24, 2.45) is 0 Å². The van der Waals surface area contributed by atoms with Gasteiger partial charge in [-0.25, -0.2) is 19.9 Å². The molecule has 1 aliphatic heterocycles. The van der Waals surface area contributed by atoms with E-state index in [1.807, 2.05) is 40.7 Å². The molecule has 42 heavy (non-hydrogen) atoms. The number of rotatable bonds is 9. The van der Waals surface area contributed by atoms with Gasteiger partial charge in [-0.2, -0.15) is 5.10 Å². The maximum Gasteiger partial charge on any atom is 0.225 e. The number of benzene rings is 1. The number of hydrogen-bond acceptors (Lipinski definition) is 11. The summed E-state index contributed by atoms with van der Waals surface area (Å²) in [5, 5.41) is 11.3. The van der Waals surface area contributed by atoms with Gasteiger partial charge in [0.05, 0.1) is 33.6 Å². The molecule has 0 radical (unpaired) electrons. The molecule has 4 heterocycles. The molecule has 0 saturated carbocycles. The van der Waals surface area contributed by atoms with Gasteiger partial charge in [0, 0.05) is 53.1 Å². The number of hydrogen-bond donors (Lipinski definition) is 2. The Hall–Kier alpha value is -3.84. The Bertz CT molecular complexity index is 1570. The van der Waals surface area contributed by atoms with E-state index in [4.69, 9.17) is 9.47 Å². The van der Waals surface area contributed by atoms with Crippen LogP contribution >= 0.6 is 0 Å². The Labute approximate surface area is 248 Å². The first kappa shape index (κ1) is 29.6. The Kier molecular flexibility index (Phi) is 8.60. The van der Waals surface area contributed by atoms with Crippen molar-refractivity contribution in [3.8, 4) is 11.5 Å². The molecular formula is C29H39N9O3S. The summed E-state index contributed by atoms with van der Waals surface area (Å²) in [5.41, 5.74) is 2.62. The number of ether oxygens (including phenoxy) is 2. The molecule has 1 unspecified atom stereocenters. The molecule has 13 heteroatoms. The Morgan fingerprint density at radius 1 is 1.05 bits per heavy atom. The summed E-state index contributed by atoms with van der Waals surface area (Å²) >= 11 is 0. The van der Waals surface area contributed by atoms with E-state index in [-0.39, 0.29) is 13.2 Å². The molecule has 3 aromatic heterocycles. The second-order valence-corrected chi connectivity index (χ2v) is 13.8. The summed E-state index contributed by atoms with van der Waals surface area (Å²) in [6, 6.07) is 4.09. The van der Waals surface area contributed by atoms with Crippen molar-refractivity contribution in [1.82, 2.24) is 35.0 Å². The lowest BCUT2D eigenvalue weighted by Gasteiger charge is -2.37. The van der Waals surface area contributed by atoms with Crippen LogP contribution in [0.5, 0.6) is 11.5 Å². The van der Waals surface area contributed by atoms with E-state index >= 15 is 0 Å². The lowest BCUT2D eigenvalue weighted by Crippen LogP contribution is -2.50. The molecule has 4 aromatic rings. The molecule has 2 N–H and O–H groups in total. The Balaban J connectivity index is 1.30. The number of anilines is 3. The number of nitrogens with one attached hydrogen (secondary N) is 2. The minimum Gasteiger partial charge on any atom is -0.489 e. The molecule has 1 aliphatic rings. The van der Waals surface area contributed by atoms with Crippen LogP contribution in [0.4, 0.5) is 17.6 Å². The van der Waals surface area contributed by atoms with Gasteiger partial charge < -0.3 is 24.6 Å². The third-order valence-corrected chi connectivity index (χ3v) is 9.24. The number of aromatic nitrogens is 6.